The summed E-state index contributed by atoms with van der Waals surface area (Å²) in [6.07, 6.45) is -1.06. The first-order valence-electron chi connectivity index (χ1n) is 2.85. The molecule has 2 unspecified atom stereocenters. The number of aliphatic hydroxyl groups is 2. The minimum atomic E-state index is -2.03. The van der Waals surface area contributed by atoms with E-state index in [-0.39, 0.29) is 5.75 Å². The summed E-state index contributed by atoms with van der Waals surface area (Å²) >= 11 is 0.441. The third kappa shape index (κ3) is 5.00. The van der Waals surface area contributed by atoms with Crippen molar-refractivity contribution in [3.63, 3.8) is 0 Å². The van der Waals surface area contributed by atoms with Gasteiger partial charge >= 0.3 is 5.97 Å². The SMILES string of the molecule is O=C(O)C(F)SCC(O)CO. The summed E-state index contributed by atoms with van der Waals surface area (Å²) < 4.78 is 12.2. The second kappa shape index (κ2) is 5.34. The molecule has 3 N–H and O–H groups in total. The lowest BCUT2D eigenvalue weighted by atomic mass is 10.4. The number of aliphatic hydroxyl groups excluding tert-OH is 2. The highest BCUT2D eigenvalue weighted by molar-refractivity contribution is 8.00. The van der Waals surface area contributed by atoms with Crippen molar-refractivity contribution in [3.05, 3.63) is 0 Å². The van der Waals surface area contributed by atoms with E-state index in [9.17, 15) is 9.18 Å². The third-order valence-corrected chi connectivity index (χ3v) is 1.91. The van der Waals surface area contributed by atoms with Gasteiger partial charge in [0, 0.05) is 5.75 Å². The number of carbonyl (C=O) groups is 1. The summed E-state index contributed by atoms with van der Waals surface area (Å²) in [6, 6.07) is 0. The topological polar surface area (TPSA) is 77.8 Å². The number of carboxylic acid groups (broad SMARTS) is 1. The number of rotatable bonds is 5. The fourth-order valence-electron chi connectivity index (χ4n) is 0.320. The van der Waals surface area contributed by atoms with Crippen LogP contribution in [0.3, 0.4) is 0 Å². The highest BCUT2D eigenvalue weighted by Gasteiger charge is 2.17. The molecule has 0 saturated heterocycles. The van der Waals surface area contributed by atoms with Crippen molar-refractivity contribution >= 4 is 17.7 Å². The van der Waals surface area contributed by atoms with Crippen LogP contribution in [0.5, 0.6) is 0 Å². The molecule has 0 aliphatic rings. The van der Waals surface area contributed by atoms with Gasteiger partial charge in [-0.2, -0.15) is 0 Å². The Morgan fingerprint density at radius 2 is 2.18 bits per heavy atom. The fraction of sp³-hybridized carbons (Fsp3) is 0.800. The van der Waals surface area contributed by atoms with E-state index in [1.54, 1.807) is 0 Å². The third-order valence-electron chi connectivity index (χ3n) is 0.840. The summed E-state index contributed by atoms with van der Waals surface area (Å²) in [4.78, 5) is 9.86. The number of aliphatic carboxylic acids is 1. The van der Waals surface area contributed by atoms with Crippen LogP contribution in [0.15, 0.2) is 0 Å². The van der Waals surface area contributed by atoms with Gasteiger partial charge in [-0.1, -0.05) is 0 Å². The molecular weight excluding hydrogens is 175 g/mol. The van der Waals surface area contributed by atoms with Crippen LogP contribution in [0.25, 0.3) is 0 Å². The van der Waals surface area contributed by atoms with Gasteiger partial charge in [-0.05, 0) is 0 Å². The van der Waals surface area contributed by atoms with Gasteiger partial charge < -0.3 is 15.3 Å². The number of thioether (sulfide) groups is 1. The lowest BCUT2D eigenvalue weighted by Crippen LogP contribution is -2.19. The van der Waals surface area contributed by atoms with E-state index in [0.717, 1.165) is 0 Å². The first-order valence-corrected chi connectivity index (χ1v) is 3.90. The van der Waals surface area contributed by atoms with Gasteiger partial charge in [-0.3, -0.25) is 0 Å². The Labute approximate surface area is 67.0 Å². The molecule has 0 aliphatic heterocycles. The molecule has 0 heterocycles. The van der Waals surface area contributed by atoms with Gasteiger partial charge in [-0.15, -0.1) is 11.8 Å². The van der Waals surface area contributed by atoms with Crippen molar-refractivity contribution in [1.82, 2.24) is 0 Å². The predicted octanol–water partition coefficient (Wildman–Crippen LogP) is -0.547. The van der Waals surface area contributed by atoms with Crippen LogP contribution in [0, 0.1) is 0 Å². The highest BCUT2D eigenvalue weighted by atomic mass is 32.2. The average molecular weight is 184 g/mol. The Morgan fingerprint density at radius 3 is 2.55 bits per heavy atom. The molecule has 2 atom stereocenters. The van der Waals surface area contributed by atoms with Crippen molar-refractivity contribution in [1.29, 1.82) is 0 Å². The molecule has 0 saturated carbocycles. The van der Waals surface area contributed by atoms with E-state index in [2.05, 4.69) is 0 Å². The number of hydrogen-bond acceptors (Lipinski definition) is 4. The minimum absolute atomic E-state index is 0.121. The molecule has 0 aliphatic carbocycles. The van der Waals surface area contributed by atoms with E-state index in [4.69, 9.17) is 15.3 Å². The van der Waals surface area contributed by atoms with Crippen molar-refractivity contribution < 1.29 is 24.5 Å². The molecule has 0 aromatic heterocycles. The van der Waals surface area contributed by atoms with Crippen molar-refractivity contribution in [2.75, 3.05) is 12.4 Å². The quantitative estimate of drug-likeness (QED) is 0.534. The number of hydrogen-bond donors (Lipinski definition) is 3. The van der Waals surface area contributed by atoms with Gasteiger partial charge in [0.2, 0.25) is 5.50 Å². The van der Waals surface area contributed by atoms with Crippen LogP contribution in [0.2, 0.25) is 0 Å². The van der Waals surface area contributed by atoms with Gasteiger partial charge in [0.15, 0.2) is 0 Å². The van der Waals surface area contributed by atoms with Gasteiger partial charge in [0.1, 0.15) is 0 Å². The Hall–Kier alpha value is -0.330. The summed E-state index contributed by atoms with van der Waals surface area (Å²) in [7, 11) is 0. The molecule has 0 aromatic carbocycles. The van der Waals surface area contributed by atoms with E-state index in [0.29, 0.717) is 11.8 Å². The van der Waals surface area contributed by atoms with E-state index >= 15 is 0 Å². The highest BCUT2D eigenvalue weighted by Crippen LogP contribution is 2.13. The molecule has 0 amide bonds. The first kappa shape index (κ1) is 10.7. The molecule has 0 aromatic rings. The largest absolute Gasteiger partial charge is 0.478 e. The van der Waals surface area contributed by atoms with E-state index < -0.39 is 24.2 Å². The summed E-state index contributed by atoms with van der Waals surface area (Å²) in [5.41, 5.74) is -2.03. The molecule has 0 fully saturated rings. The zero-order valence-electron chi connectivity index (χ0n) is 5.61. The maximum atomic E-state index is 12.2. The average Bonchev–Trinajstić information content (AvgIpc) is 1.99. The number of alkyl halides is 1. The van der Waals surface area contributed by atoms with Gasteiger partial charge in [-0.25, -0.2) is 9.18 Å². The predicted molar refractivity (Wildman–Crippen MR) is 38.1 cm³/mol. The smallest absolute Gasteiger partial charge is 0.348 e. The van der Waals surface area contributed by atoms with Crippen molar-refractivity contribution in [2.24, 2.45) is 0 Å². The van der Waals surface area contributed by atoms with Crippen LogP contribution in [-0.4, -0.2) is 45.3 Å². The number of carboxylic acids is 1. The maximum Gasteiger partial charge on any atom is 0.348 e. The second-order valence-corrected chi connectivity index (χ2v) is 2.90. The molecule has 0 bridgehead atoms. The molecule has 0 rings (SSSR count). The van der Waals surface area contributed by atoms with Crippen LogP contribution >= 0.6 is 11.8 Å². The van der Waals surface area contributed by atoms with Gasteiger partial charge in [0.25, 0.3) is 0 Å². The first-order chi connectivity index (χ1) is 5.07. The molecular formula is C5H9FO4S. The number of halogens is 1. The van der Waals surface area contributed by atoms with Crippen LogP contribution in [-0.2, 0) is 4.79 Å². The maximum absolute atomic E-state index is 12.2. The summed E-state index contributed by atoms with van der Waals surface area (Å²) in [5, 5.41) is 24.9. The second-order valence-electron chi connectivity index (χ2n) is 1.82. The van der Waals surface area contributed by atoms with Gasteiger partial charge in [0.05, 0.1) is 12.7 Å². The fourth-order valence-corrected chi connectivity index (χ4v) is 0.959. The zero-order valence-corrected chi connectivity index (χ0v) is 6.42. The van der Waals surface area contributed by atoms with Crippen LogP contribution < -0.4 is 0 Å². The standard InChI is InChI=1S/C5H9FO4S/c6-4(5(9)10)11-2-3(8)1-7/h3-4,7-8H,1-2H2,(H,9,10). The van der Waals surface area contributed by atoms with Crippen LogP contribution in [0.1, 0.15) is 0 Å². The lowest BCUT2D eigenvalue weighted by Gasteiger charge is -2.06. The molecule has 4 nitrogen and oxygen atoms in total. The van der Waals surface area contributed by atoms with Crippen LogP contribution in [0.4, 0.5) is 4.39 Å². The lowest BCUT2D eigenvalue weighted by molar-refractivity contribution is -0.139. The van der Waals surface area contributed by atoms with E-state index in [1.807, 2.05) is 0 Å². The molecule has 11 heavy (non-hydrogen) atoms. The van der Waals surface area contributed by atoms with Crippen molar-refractivity contribution in [3.8, 4) is 0 Å². The minimum Gasteiger partial charge on any atom is -0.478 e. The Balaban J connectivity index is 3.45. The summed E-state index contributed by atoms with van der Waals surface area (Å²) in [6.45, 7) is -0.487. The zero-order chi connectivity index (χ0) is 8.85. The van der Waals surface area contributed by atoms with Crippen molar-refractivity contribution in [2.45, 2.75) is 11.6 Å². The summed E-state index contributed by atoms with van der Waals surface area (Å²) in [5.74, 6) is -1.69. The van der Waals surface area contributed by atoms with E-state index in [1.165, 1.54) is 0 Å². The normalized spacial score (nSPS) is 15.9. The Morgan fingerprint density at radius 1 is 1.64 bits per heavy atom. The Kier molecular flexibility index (Phi) is 5.18. The molecule has 0 spiro atoms. The molecule has 0 radical (unpaired) electrons. The molecule has 66 valence electrons. The molecule has 6 heteroatoms. The monoisotopic (exact) mass is 184 g/mol. The Bertz CT molecular complexity index is 132.